The van der Waals surface area contributed by atoms with Crippen LogP contribution in [-0.2, 0) is 0 Å². The predicted octanol–water partition coefficient (Wildman–Crippen LogP) is 5.31. The second kappa shape index (κ2) is 7.40. The Morgan fingerprint density at radius 2 is 1.65 bits per heavy atom. The Morgan fingerprint density at radius 3 is 2.35 bits per heavy atom. The van der Waals surface area contributed by atoms with Gasteiger partial charge in [0.15, 0.2) is 17.6 Å². The maximum Gasteiger partial charge on any atom is 0.231 e. The van der Waals surface area contributed by atoms with Gasteiger partial charge >= 0.3 is 0 Å². The molecule has 0 saturated heterocycles. The lowest BCUT2D eigenvalue weighted by molar-refractivity contribution is 0.0816. The fraction of sp³-hybridized carbons (Fsp3) is 0.409. The molecule has 0 amide bonds. The van der Waals surface area contributed by atoms with Gasteiger partial charge < -0.3 is 14.2 Å². The van der Waals surface area contributed by atoms with Crippen LogP contribution in [0.5, 0.6) is 17.2 Å². The van der Waals surface area contributed by atoms with Crippen molar-refractivity contribution in [2.24, 2.45) is 0 Å². The van der Waals surface area contributed by atoms with Gasteiger partial charge in [-0.1, -0.05) is 45.9 Å². The third-order valence-electron chi connectivity index (χ3n) is 4.66. The SMILES string of the molecule is CC(C)c1ccc(C(=O)[C@@H](C)Oc2ccc3c(c2)OCO3)c(C(C)C)c1. The van der Waals surface area contributed by atoms with E-state index in [0.717, 1.165) is 11.1 Å². The van der Waals surface area contributed by atoms with Crippen molar-refractivity contribution >= 4 is 5.78 Å². The molecular formula is C22H26O4. The summed E-state index contributed by atoms with van der Waals surface area (Å²) in [6.07, 6.45) is -0.585. The Morgan fingerprint density at radius 1 is 0.923 bits per heavy atom. The van der Waals surface area contributed by atoms with Crippen molar-refractivity contribution in [3.63, 3.8) is 0 Å². The van der Waals surface area contributed by atoms with Crippen molar-refractivity contribution in [1.82, 2.24) is 0 Å². The number of rotatable bonds is 6. The molecule has 0 saturated carbocycles. The summed E-state index contributed by atoms with van der Waals surface area (Å²) in [7, 11) is 0. The number of Topliss-reactive ketones (excluding diaryl/α,β-unsaturated/α-hetero) is 1. The number of fused-ring (bicyclic) bond motifs is 1. The van der Waals surface area contributed by atoms with Gasteiger partial charge in [-0.05, 0) is 42.0 Å². The van der Waals surface area contributed by atoms with E-state index < -0.39 is 6.10 Å². The molecule has 0 aliphatic carbocycles. The summed E-state index contributed by atoms with van der Waals surface area (Å²) in [6.45, 7) is 10.5. The highest BCUT2D eigenvalue weighted by molar-refractivity contribution is 6.01. The van der Waals surface area contributed by atoms with E-state index in [1.165, 1.54) is 5.56 Å². The minimum Gasteiger partial charge on any atom is -0.482 e. The first-order chi connectivity index (χ1) is 12.4. The number of benzene rings is 2. The highest BCUT2D eigenvalue weighted by Crippen LogP contribution is 2.35. The molecule has 1 aliphatic rings. The van der Waals surface area contributed by atoms with Crippen molar-refractivity contribution in [3.05, 3.63) is 53.1 Å². The zero-order valence-electron chi connectivity index (χ0n) is 16.0. The van der Waals surface area contributed by atoms with Crippen molar-refractivity contribution in [2.45, 2.75) is 52.6 Å². The van der Waals surface area contributed by atoms with Crippen LogP contribution in [0, 0.1) is 0 Å². The lowest BCUT2D eigenvalue weighted by atomic mass is 9.89. The average Bonchev–Trinajstić information content (AvgIpc) is 3.08. The van der Waals surface area contributed by atoms with Crippen LogP contribution in [0.15, 0.2) is 36.4 Å². The second-order valence-corrected chi connectivity index (χ2v) is 7.30. The summed E-state index contributed by atoms with van der Waals surface area (Å²) in [5.74, 6) is 2.63. The normalized spacial score (nSPS) is 14.0. The highest BCUT2D eigenvalue weighted by atomic mass is 16.7. The molecule has 0 radical (unpaired) electrons. The molecule has 26 heavy (non-hydrogen) atoms. The van der Waals surface area contributed by atoms with Gasteiger partial charge in [-0.25, -0.2) is 0 Å². The monoisotopic (exact) mass is 354 g/mol. The molecule has 0 aromatic heterocycles. The second-order valence-electron chi connectivity index (χ2n) is 7.30. The summed E-state index contributed by atoms with van der Waals surface area (Å²) < 4.78 is 16.6. The first kappa shape index (κ1) is 18.3. The molecule has 1 aliphatic heterocycles. The molecule has 0 spiro atoms. The molecule has 1 atom stereocenters. The van der Waals surface area contributed by atoms with Crippen molar-refractivity contribution in [1.29, 1.82) is 0 Å². The lowest BCUT2D eigenvalue weighted by Gasteiger charge is -2.19. The number of hydrogen-bond acceptors (Lipinski definition) is 4. The van der Waals surface area contributed by atoms with Crippen molar-refractivity contribution in [2.75, 3.05) is 6.79 Å². The van der Waals surface area contributed by atoms with Crippen LogP contribution in [0.3, 0.4) is 0 Å². The number of carbonyl (C=O) groups is 1. The average molecular weight is 354 g/mol. The van der Waals surface area contributed by atoms with Crippen molar-refractivity contribution < 1.29 is 19.0 Å². The Kier molecular flexibility index (Phi) is 5.21. The standard InChI is InChI=1S/C22H26O4/c1-13(2)16-6-8-18(19(10-16)14(3)4)22(23)15(5)26-17-7-9-20-21(11-17)25-12-24-20/h6-11,13-15H,12H2,1-5H3/t15-/m1/s1. The van der Waals surface area contributed by atoms with Gasteiger partial charge in [0.2, 0.25) is 12.6 Å². The molecule has 2 aromatic carbocycles. The molecule has 0 fully saturated rings. The summed E-state index contributed by atoms with van der Waals surface area (Å²) in [6, 6.07) is 11.5. The van der Waals surface area contributed by atoms with Crippen LogP contribution in [0.4, 0.5) is 0 Å². The highest BCUT2D eigenvalue weighted by Gasteiger charge is 2.23. The summed E-state index contributed by atoms with van der Waals surface area (Å²) >= 11 is 0. The van der Waals surface area contributed by atoms with E-state index in [2.05, 4.69) is 33.8 Å². The van der Waals surface area contributed by atoms with E-state index in [-0.39, 0.29) is 18.5 Å². The number of ketones is 1. The Bertz CT molecular complexity index is 808. The maximum atomic E-state index is 13.0. The van der Waals surface area contributed by atoms with Crippen LogP contribution in [0.2, 0.25) is 0 Å². The zero-order valence-corrected chi connectivity index (χ0v) is 16.0. The van der Waals surface area contributed by atoms with Gasteiger partial charge in [0, 0.05) is 11.6 Å². The van der Waals surface area contributed by atoms with Crippen LogP contribution in [0.25, 0.3) is 0 Å². The van der Waals surface area contributed by atoms with Crippen molar-refractivity contribution in [3.8, 4) is 17.2 Å². The van der Waals surface area contributed by atoms with E-state index in [9.17, 15) is 4.79 Å². The quantitative estimate of drug-likeness (QED) is 0.659. The van der Waals surface area contributed by atoms with E-state index in [1.807, 2.05) is 12.1 Å². The Labute approximate surface area is 155 Å². The number of carbonyl (C=O) groups excluding carboxylic acids is 1. The number of hydrogen-bond donors (Lipinski definition) is 0. The summed E-state index contributed by atoms with van der Waals surface area (Å²) in [4.78, 5) is 13.0. The van der Waals surface area contributed by atoms with Gasteiger partial charge in [0.1, 0.15) is 5.75 Å². The van der Waals surface area contributed by atoms with Crippen LogP contribution < -0.4 is 14.2 Å². The molecule has 0 bridgehead atoms. The molecule has 0 N–H and O–H groups in total. The molecular weight excluding hydrogens is 328 g/mol. The summed E-state index contributed by atoms with van der Waals surface area (Å²) in [5.41, 5.74) is 3.05. The molecule has 0 unspecified atom stereocenters. The fourth-order valence-electron chi connectivity index (χ4n) is 3.07. The van der Waals surface area contributed by atoms with Gasteiger partial charge in [-0.3, -0.25) is 4.79 Å². The third-order valence-corrected chi connectivity index (χ3v) is 4.66. The van der Waals surface area contributed by atoms with E-state index in [1.54, 1.807) is 25.1 Å². The molecule has 138 valence electrons. The van der Waals surface area contributed by atoms with E-state index in [0.29, 0.717) is 23.2 Å². The van der Waals surface area contributed by atoms with Gasteiger partial charge in [0.25, 0.3) is 0 Å². The van der Waals surface area contributed by atoms with Gasteiger partial charge in [-0.15, -0.1) is 0 Å². The summed E-state index contributed by atoms with van der Waals surface area (Å²) in [5, 5.41) is 0. The predicted molar refractivity (Wildman–Crippen MR) is 102 cm³/mol. The third kappa shape index (κ3) is 3.69. The van der Waals surface area contributed by atoms with Crippen LogP contribution in [-0.4, -0.2) is 18.7 Å². The fourth-order valence-corrected chi connectivity index (χ4v) is 3.07. The van der Waals surface area contributed by atoms with Gasteiger partial charge in [0.05, 0.1) is 0 Å². The largest absolute Gasteiger partial charge is 0.482 e. The minimum atomic E-state index is -0.585. The molecule has 1 heterocycles. The zero-order chi connectivity index (χ0) is 18.8. The lowest BCUT2D eigenvalue weighted by Crippen LogP contribution is -2.25. The first-order valence-electron chi connectivity index (χ1n) is 9.11. The Hall–Kier alpha value is -2.49. The molecule has 2 aromatic rings. The van der Waals surface area contributed by atoms with E-state index >= 15 is 0 Å². The van der Waals surface area contributed by atoms with E-state index in [4.69, 9.17) is 14.2 Å². The topological polar surface area (TPSA) is 44.8 Å². The maximum absolute atomic E-state index is 13.0. The Balaban J connectivity index is 1.82. The molecule has 4 nitrogen and oxygen atoms in total. The smallest absolute Gasteiger partial charge is 0.231 e. The van der Waals surface area contributed by atoms with Gasteiger partial charge in [-0.2, -0.15) is 0 Å². The molecule has 3 rings (SSSR count). The molecule has 4 heteroatoms. The van der Waals surface area contributed by atoms with Crippen LogP contribution in [0.1, 0.15) is 67.9 Å². The minimum absolute atomic E-state index is 0.0123. The van der Waals surface area contributed by atoms with Crippen LogP contribution >= 0.6 is 0 Å². The first-order valence-corrected chi connectivity index (χ1v) is 9.11. The number of ether oxygens (including phenoxy) is 3.